The van der Waals surface area contributed by atoms with Gasteiger partial charge in [-0.3, -0.25) is 4.79 Å². The number of nitrogens with two attached hydrogens (primary N) is 1. The van der Waals surface area contributed by atoms with Crippen molar-refractivity contribution in [1.82, 2.24) is 4.57 Å². The van der Waals surface area contributed by atoms with E-state index in [0.29, 0.717) is 0 Å². The third-order valence-electron chi connectivity index (χ3n) is 5.70. The molecule has 0 aliphatic carbocycles. The first-order valence-electron chi connectivity index (χ1n) is 10.2. The Hall–Kier alpha value is -3.37. The Balaban J connectivity index is 1.99. The van der Waals surface area contributed by atoms with Crippen LogP contribution in [0.3, 0.4) is 0 Å². The highest BCUT2D eigenvalue weighted by Gasteiger charge is 2.34. The molecule has 3 N–H and O–H groups in total. The van der Waals surface area contributed by atoms with Crippen molar-refractivity contribution < 1.29 is 27.8 Å². The van der Waals surface area contributed by atoms with E-state index >= 15 is 8.78 Å². The summed E-state index contributed by atoms with van der Waals surface area (Å²) in [4.78, 5) is 25.8. The minimum Gasteiger partial charge on any atom is -0.477 e. The molecule has 1 fully saturated rings. The number of carbonyl (C=O) groups is 1. The topological polar surface area (TPSA) is 97.8 Å². The largest absolute Gasteiger partial charge is 0.477 e. The highest BCUT2D eigenvalue weighted by atomic mass is 19.1. The molecule has 3 aromatic rings. The van der Waals surface area contributed by atoms with Gasteiger partial charge < -0.3 is 25.0 Å². The number of carboxylic acid groups (broad SMARTS) is 1. The smallest absolute Gasteiger partial charge is 0.341 e. The Morgan fingerprint density at radius 1 is 1.21 bits per heavy atom. The van der Waals surface area contributed by atoms with E-state index in [4.69, 9.17) is 10.5 Å². The van der Waals surface area contributed by atoms with Crippen molar-refractivity contribution in [1.29, 1.82) is 0 Å². The van der Waals surface area contributed by atoms with E-state index < -0.39 is 51.4 Å². The molecule has 0 spiro atoms. The lowest BCUT2D eigenvalue weighted by Gasteiger charge is -2.40. The van der Waals surface area contributed by atoms with E-state index in [9.17, 15) is 19.1 Å². The fourth-order valence-electron chi connectivity index (χ4n) is 3.95. The zero-order chi connectivity index (χ0) is 24.1. The van der Waals surface area contributed by atoms with E-state index in [0.717, 1.165) is 29.0 Å². The van der Waals surface area contributed by atoms with Crippen molar-refractivity contribution in [2.45, 2.75) is 25.5 Å². The maximum atomic E-state index is 15.9. The molecule has 1 saturated heterocycles. The number of morpholine rings is 1. The Morgan fingerprint density at radius 3 is 2.48 bits per heavy atom. The summed E-state index contributed by atoms with van der Waals surface area (Å²) >= 11 is 0. The Labute approximate surface area is 186 Å². The van der Waals surface area contributed by atoms with Gasteiger partial charge >= 0.3 is 5.97 Å². The molecule has 1 unspecified atom stereocenters. The summed E-state index contributed by atoms with van der Waals surface area (Å²) < 4.78 is 51.4. The average molecular weight is 461 g/mol. The lowest BCUT2D eigenvalue weighted by molar-refractivity contribution is -0.000551. The van der Waals surface area contributed by atoms with Gasteiger partial charge in [0.15, 0.2) is 5.82 Å². The molecule has 0 amide bonds. The summed E-state index contributed by atoms with van der Waals surface area (Å²) in [5.41, 5.74) is 3.16. The number of pyridine rings is 1. The third-order valence-corrected chi connectivity index (χ3v) is 5.70. The van der Waals surface area contributed by atoms with Gasteiger partial charge in [0.1, 0.15) is 22.9 Å². The number of benzene rings is 2. The highest BCUT2D eigenvalue weighted by Crippen LogP contribution is 2.33. The van der Waals surface area contributed by atoms with E-state index in [-0.39, 0.29) is 36.6 Å². The van der Waals surface area contributed by atoms with Gasteiger partial charge in [0, 0.05) is 30.5 Å². The number of hydrogen-bond donors (Lipinski definition) is 2. The van der Waals surface area contributed by atoms with Crippen LogP contribution in [-0.4, -0.2) is 47.0 Å². The third kappa shape index (κ3) is 4.07. The van der Waals surface area contributed by atoms with Crippen LogP contribution in [0.15, 0.2) is 41.3 Å². The fourth-order valence-corrected chi connectivity index (χ4v) is 3.95. The van der Waals surface area contributed by atoms with Gasteiger partial charge in [-0.1, -0.05) is 0 Å². The summed E-state index contributed by atoms with van der Waals surface area (Å²) in [6, 6.07) is 5.65. The second-order valence-corrected chi connectivity index (χ2v) is 8.57. The molecule has 10 heteroatoms. The Kier molecular flexibility index (Phi) is 5.67. The van der Waals surface area contributed by atoms with Crippen LogP contribution in [0.5, 0.6) is 0 Å². The maximum Gasteiger partial charge on any atom is 0.341 e. The Bertz CT molecular complexity index is 1300. The Morgan fingerprint density at radius 2 is 1.88 bits per heavy atom. The van der Waals surface area contributed by atoms with Gasteiger partial charge in [0.05, 0.1) is 23.6 Å². The quantitative estimate of drug-likeness (QED) is 0.620. The van der Waals surface area contributed by atoms with E-state index in [1.54, 1.807) is 13.8 Å². The molecule has 1 aliphatic rings. The maximum absolute atomic E-state index is 15.9. The lowest BCUT2D eigenvalue weighted by atomic mass is 9.97. The monoisotopic (exact) mass is 461 g/mol. The number of fused-ring (bicyclic) bond motifs is 1. The van der Waals surface area contributed by atoms with Gasteiger partial charge in [-0.25, -0.2) is 18.0 Å². The minimum absolute atomic E-state index is 0.108. The first kappa shape index (κ1) is 22.8. The van der Waals surface area contributed by atoms with E-state index in [2.05, 4.69) is 0 Å². The standard InChI is InChI=1S/C23H22F3N3O4/c1-23(2,27)17-11-28(7-8-33-17)20-16(25)9-14-19(18(20)26)29(10-15(21(14)30)22(31)32)13-5-3-12(24)4-6-13/h3-6,9-10,17H,7-8,11,27H2,1-2H3,(H,31,32). The number of anilines is 1. The summed E-state index contributed by atoms with van der Waals surface area (Å²) in [5.74, 6) is -4.16. The van der Waals surface area contributed by atoms with Crippen LogP contribution in [0.1, 0.15) is 24.2 Å². The molecule has 4 rings (SSSR count). The molecule has 174 valence electrons. The van der Waals surface area contributed by atoms with Gasteiger partial charge in [0.25, 0.3) is 0 Å². The second kappa shape index (κ2) is 8.20. The molecule has 2 heterocycles. The molecule has 33 heavy (non-hydrogen) atoms. The van der Waals surface area contributed by atoms with Gasteiger partial charge in [-0.15, -0.1) is 0 Å². The summed E-state index contributed by atoms with van der Waals surface area (Å²) in [6.45, 7) is 3.96. The molecular weight excluding hydrogens is 439 g/mol. The first-order valence-corrected chi connectivity index (χ1v) is 10.2. The first-order chi connectivity index (χ1) is 15.5. The minimum atomic E-state index is -1.55. The predicted octanol–water partition coefficient (Wildman–Crippen LogP) is 3.05. The average Bonchev–Trinajstić information content (AvgIpc) is 2.74. The number of nitrogens with zero attached hydrogens (tertiary/aromatic N) is 2. The van der Waals surface area contributed by atoms with Crippen LogP contribution < -0.4 is 16.1 Å². The van der Waals surface area contributed by atoms with Crippen molar-refractivity contribution in [2.24, 2.45) is 5.73 Å². The molecule has 1 aliphatic heterocycles. The normalized spacial score (nSPS) is 16.9. The molecule has 7 nitrogen and oxygen atoms in total. The van der Waals surface area contributed by atoms with Gasteiger partial charge in [-0.2, -0.15) is 0 Å². The number of aromatic carboxylic acids is 1. The number of carboxylic acids is 1. The van der Waals surface area contributed by atoms with Gasteiger partial charge in [0.2, 0.25) is 5.43 Å². The summed E-state index contributed by atoms with van der Waals surface area (Å²) in [5, 5.41) is 9.01. The molecule has 0 radical (unpaired) electrons. The van der Waals surface area contributed by atoms with E-state index in [1.807, 2.05) is 0 Å². The van der Waals surface area contributed by atoms with Crippen LogP contribution >= 0.6 is 0 Å². The number of ether oxygens (including phenoxy) is 1. The van der Waals surface area contributed by atoms with Crippen molar-refractivity contribution in [3.63, 3.8) is 0 Å². The van der Waals surface area contributed by atoms with Crippen LogP contribution in [0, 0.1) is 17.5 Å². The molecule has 0 bridgehead atoms. The second-order valence-electron chi connectivity index (χ2n) is 8.57. The molecule has 2 aromatic carbocycles. The van der Waals surface area contributed by atoms with Crippen molar-refractivity contribution in [3.05, 3.63) is 69.8 Å². The SMILES string of the molecule is CC(C)(N)C1CN(c2c(F)cc3c(=O)c(C(=O)O)cn(-c4ccc(F)cc4)c3c2F)CCO1. The molecule has 0 saturated carbocycles. The molecular formula is C23H22F3N3O4. The lowest BCUT2D eigenvalue weighted by Crippen LogP contribution is -2.56. The van der Waals surface area contributed by atoms with E-state index in [1.165, 1.54) is 17.0 Å². The summed E-state index contributed by atoms with van der Waals surface area (Å²) in [7, 11) is 0. The fraction of sp³-hybridized carbons (Fsp3) is 0.304. The number of aromatic nitrogens is 1. The highest BCUT2D eigenvalue weighted by molar-refractivity contribution is 5.94. The predicted molar refractivity (Wildman–Crippen MR) is 117 cm³/mol. The summed E-state index contributed by atoms with van der Waals surface area (Å²) in [6.07, 6.45) is 0.449. The molecule has 1 atom stereocenters. The number of rotatable bonds is 4. The van der Waals surface area contributed by atoms with Crippen molar-refractivity contribution >= 4 is 22.6 Å². The van der Waals surface area contributed by atoms with Crippen LogP contribution in [0.4, 0.5) is 18.9 Å². The van der Waals surface area contributed by atoms with Crippen molar-refractivity contribution in [3.8, 4) is 5.69 Å². The van der Waals surface area contributed by atoms with Crippen LogP contribution in [0.25, 0.3) is 16.6 Å². The molecule has 1 aromatic heterocycles. The zero-order valence-corrected chi connectivity index (χ0v) is 17.9. The van der Waals surface area contributed by atoms with Gasteiger partial charge in [-0.05, 0) is 44.2 Å². The van der Waals surface area contributed by atoms with Crippen LogP contribution in [-0.2, 0) is 4.74 Å². The van der Waals surface area contributed by atoms with Crippen LogP contribution in [0.2, 0.25) is 0 Å². The van der Waals surface area contributed by atoms with Crippen molar-refractivity contribution in [2.75, 3.05) is 24.6 Å². The number of hydrogen-bond acceptors (Lipinski definition) is 5. The zero-order valence-electron chi connectivity index (χ0n) is 17.9. The number of halogens is 3.